The smallest absolute Gasteiger partial charge is 0.247 e. The molecule has 9 nitrogen and oxygen atoms in total. The van der Waals surface area contributed by atoms with Gasteiger partial charge in [-0.15, -0.1) is 10.2 Å². The topological polar surface area (TPSA) is 116 Å². The summed E-state index contributed by atoms with van der Waals surface area (Å²) in [6.07, 6.45) is 3.19. The van der Waals surface area contributed by atoms with Gasteiger partial charge in [-0.05, 0) is 24.3 Å². The molecule has 2 aromatic heterocycles. The lowest BCUT2D eigenvalue weighted by molar-refractivity contribution is 0.354. The molecule has 3 rings (SSSR count). The van der Waals surface area contributed by atoms with Crippen molar-refractivity contribution < 1.29 is 22.3 Å². The van der Waals surface area contributed by atoms with Crippen LogP contribution in [0.15, 0.2) is 52.0 Å². The van der Waals surface area contributed by atoms with Crippen LogP contribution in [-0.2, 0) is 16.6 Å². The molecule has 1 N–H and O–H groups in total. The quantitative estimate of drug-likeness (QED) is 0.661. The first kappa shape index (κ1) is 17.8. The van der Waals surface area contributed by atoms with Crippen molar-refractivity contribution in [3.63, 3.8) is 0 Å². The number of nitrogens with zero attached hydrogens (tertiary/aromatic N) is 3. The first-order valence-corrected chi connectivity index (χ1v) is 8.96. The van der Waals surface area contributed by atoms with E-state index in [0.29, 0.717) is 17.1 Å². The molecule has 0 amide bonds. The van der Waals surface area contributed by atoms with Crippen molar-refractivity contribution in [2.45, 2.75) is 11.4 Å². The predicted octanol–water partition coefficient (Wildman–Crippen LogP) is 1.63. The average molecular weight is 376 g/mol. The third kappa shape index (κ3) is 3.81. The summed E-state index contributed by atoms with van der Waals surface area (Å²) in [6.45, 7) is -0.144. The molecule has 10 heteroatoms. The van der Waals surface area contributed by atoms with Gasteiger partial charge in [0.2, 0.25) is 21.8 Å². The standard InChI is InChI=1S/C16H16N4O5S/c1-23-13-4-3-12(9-14(13)24-2)26(21,22)18-10-15-19-20-16(25-15)11-5-7-17-8-6-11/h3-9,18H,10H2,1-2H3. The number of nitrogens with one attached hydrogen (secondary N) is 1. The zero-order chi connectivity index (χ0) is 18.6. The van der Waals surface area contributed by atoms with Gasteiger partial charge in [0.1, 0.15) is 0 Å². The monoisotopic (exact) mass is 376 g/mol. The Balaban J connectivity index is 1.74. The molecule has 0 fully saturated rings. The fourth-order valence-corrected chi connectivity index (χ4v) is 3.15. The van der Waals surface area contributed by atoms with Crippen LogP contribution in [0.25, 0.3) is 11.5 Å². The highest BCUT2D eigenvalue weighted by atomic mass is 32.2. The van der Waals surface area contributed by atoms with Gasteiger partial charge < -0.3 is 13.9 Å². The lowest BCUT2D eigenvalue weighted by atomic mass is 10.3. The number of rotatable bonds is 7. The molecular formula is C16H16N4O5S. The zero-order valence-corrected chi connectivity index (χ0v) is 14.9. The number of benzene rings is 1. The molecule has 0 bridgehead atoms. The summed E-state index contributed by atoms with van der Waals surface area (Å²) in [4.78, 5) is 3.94. The number of sulfonamides is 1. The number of ether oxygens (including phenoxy) is 2. The Hall–Kier alpha value is -2.98. The second kappa shape index (κ2) is 7.50. The van der Waals surface area contributed by atoms with Crippen molar-refractivity contribution in [3.8, 4) is 23.0 Å². The number of pyridine rings is 1. The molecule has 26 heavy (non-hydrogen) atoms. The molecule has 0 atom stereocenters. The van der Waals surface area contributed by atoms with E-state index in [2.05, 4.69) is 19.9 Å². The molecule has 0 spiro atoms. The Morgan fingerprint density at radius 1 is 1.04 bits per heavy atom. The highest BCUT2D eigenvalue weighted by molar-refractivity contribution is 7.89. The molecule has 136 valence electrons. The molecule has 0 unspecified atom stereocenters. The second-order valence-corrected chi connectivity index (χ2v) is 6.85. The molecule has 0 saturated carbocycles. The Bertz CT molecular complexity index is 989. The summed E-state index contributed by atoms with van der Waals surface area (Å²) >= 11 is 0. The first-order valence-electron chi connectivity index (χ1n) is 7.48. The second-order valence-electron chi connectivity index (χ2n) is 5.08. The number of hydrogen-bond donors (Lipinski definition) is 1. The summed E-state index contributed by atoms with van der Waals surface area (Å²) in [7, 11) is -0.891. The SMILES string of the molecule is COc1ccc(S(=O)(=O)NCc2nnc(-c3ccncc3)o2)cc1OC. The van der Waals surface area contributed by atoms with Crippen LogP contribution in [0.3, 0.4) is 0 Å². The first-order chi connectivity index (χ1) is 12.5. The minimum absolute atomic E-state index is 0.0315. The highest BCUT2D eigenvalue weighted by Crippen LogP contribution is 2.29. The Morgan fingerprint density at radius 2 is 1.77 bits per heavy atom. The van der Waals surface area contributed by atoms with E-state index in [1.807, 2.05) is 0 Å². The van der Waals surface area contributed by atoms with Crippen LogP contribution < -0.4 is 14.2 Å². The van der Waals surface area contributed by atoms with E-state index in [9.17, 15) is 8.42 Å². The van der Waals surface area contributed by atoms with Crippen LogP contribution in [0.5, 0.6) is 11.5 Å². The van der Waals surface area contributed by atoms with Gasteiger partial charge in [-0.3, -0.25) is 4.98 Å². The summed E-state index contributed by atoms with van der Waals surface area (Å²) in [5, 5.41) is 7.74. The maximum Gasteiger partial charge on any atom is 0.247 e. The summed E-state index contributed by atoms with van der Waals surface area (Å²) in [5.41, 5.74) is 0.696. The van der Waals surface area contributed by atoms with Crippen LogP contribution in [0.2, 0.25) is 0 Å². The van der Waals surface area contributed by atoms with Gasteiger partial charge in [-0.25, -0.2) is 13.1 Å². The molecule has 0 saturated heterocycles. The Morgan fingerprint density at radius 3 is 2.46 bits per heavy atom. The van der Waals surface area contributed by atoms with Crippen LogP contribution in [0.4, 0.5) is 0 Å². The van der Waals surface area contributed by atoms with E-state index < -0.39 is 10.0 Å². The van der Waals surface area contributed by atoms with Gasteiger partial charge in [0.25, 0.3) is 0 Å². The van der Waals surface area contributed by atoms with Gasteiger partial charge in [-0.1, -0.05) is 0 Å². The van der Waals surface area contributed by atoms with Gasteiger partial charge in [0, 0.05) is 24.0 Å². The van der Waals surface area contributed by atoms with Gasteiger partial charge in [-0.2, -0.15) is 0 Å². The van der Waals surface area contributed by atoms with Crippen LogP contribution in [0, 0.1) is 0 Å². The fourth-order valence-electron chi connectivity index (χ4n) is 2.16. The molecule has 0 aliphatic carbocycles. The van der Waals surface area contributed by atoms with Crippen molar-refractivity contribution in [2.24, 2.45) is 0 Å². The molecule has 0 aliphatic rings. The number of hydrogen-bond acceptors (Lipinski definition) is 8. The summed E-state index contributed by atoms with van der Waals surface area (Å²) < 4.78 is 43.0. The minimum atomic E-state index is -3.79. The molecule has 0 radical (unpaired) electrons. The summed E-state index contributed by atoms with van der Waals surface area (Å²) in [6, 6.07) is 7.73. The van der Waals surface area contributed by atoms with Gasteiger partial charge in [0.05, 0.1) is 25.7 Å². The Kier molecular flexibility index (Phi) is 5.14. The van der Waals surface area contributed by atoms with E-state index in [0.717, 1.165) is 0 Å². The molecule has 0 aliphatic heterocycles. The van der Waals surface area contributed by atoms with Crippen LogP contribution in [-0.4, -0.2) is 37.8 Å². The molecule has 2 heterocycles. The van der Waals surface area contributed by atoms with Crippen LogP contribution in [0.1, 0.15) is 5.89 Å². The van der Waals surface area contributed by atoms with E-state index >= 15 is 0 Å². The summed E-state index contributed by atoms with van der Waals surface area (Å²) in [5.74, 6) is 1.17. The lowest BCUT2D eigenvalue weighted by Gasteiger charge is -2.10. The van der Waals surface area contributed by atoms with Crippen LogP contribution >= 0.6 is 0 Å². The number of methoxy groups -OCH3 is 2. The molecule has 3 aromatic rings. The van der Waals surface area contributed by atoms with E-state index in [1.54, 1.807) is 24.5 Å². The molecule has 1 aromatic carbocycles. The zero-order valence-electron chi connectivity index (χ0n) is 14.0. The van der Waals surface area contributed by atoms with Gasteiger partial charge in [0.15, 0.2) is 11.5 Å². The maximum absolute atomic E-state index is 12.4. The molecular weight excluding hydrogens is 360 g/mol. The van der Waals surface area contributed by atoms with Crippen molar-refractivity contribution >= 4 is 10.0 Å². The normalized spacial score (nSPS) is 11.3. The minimum Gasteiger partial charge on any atom is -0.493 e. The fraction of sp³-hybridized carbons (Fsp3) is 0.188. The van der Waals surface area contributed by atoms with Crippen molar-refractivity contribution in [2.75, 3.05) is 14.2 Å². The average Bonchev–Trinajstić information content (AvgIpc) is 3.15. The third-order valence-corrected chi connectivity index (χ3v) is 4.87. The van der Waals surface area contributed by atoms with Gasteiger partial charge >= 0.3 is 0 Å². The predicted molar refractivity (Wildman–Crippen MR) is 91.1 cm³/mol. The number of aromatic nitrogens is 3. The Labute approximate surface area is 150 Å². The lowest BCUT2D eigenvalue weighted by Crippen LogP contribution is -2.23. The van der Waals surface area contributed by atoms with E-state index in [4.69, 9.17) is 13.9 Å². The largest absolute Gasteiger partial charge is 0.493 e. The highest BCUT2D eigenvalue weighted by Gasteiger charge is 2.18. The van der Waals surface area contributed by atoms with Crippen molar-refractivity contribution in [3.05, 3.63) is 48.6 Å². The van der Waals surface area contributed by atoms with E-state index in [-0.39, 0.29) is 23.2 Å². The maximum atomic E-state index is 12.4. The van der Waals surface area contributed by atoms with Crippen molar-refractivity contribution in [1.29, 1.82) is 0 Å². The van der Waals surface area contributed by atoms with E-state index in [1.165, 1.54) is 32.4 Å². The van der Waals surface area contributed by atoms with Crippen molar-refractivity contribution in [1.82, 2.24) is 19.9 Å². The third-order valence-electron chi connectivity index (χ3n) is 3.47.